The van der Waals surface area contributed by atoms with Gasteiger partial charge in [-0.25, -0.2) is 0 Å². The van der Waals surface area contributed by atoms with Crippen molar-refractivity contribution in [3.8, 4) is 11.1 Å². The first-order chi connectivity index (χ1) is 16.8. The lowest BCUT2D eigenvalue weighted by atomic mass is 9.94. The van der Waals surface area contributed by atoms with E-state index in [0.29, 0.717) is 6.04 Å². The first kappa shape index (κ1) is 21.4. The van der Waals surface area contributed by atoms with Crippen molar-refractivity contribution < 1.29 is 4.79 Å². The van der Waals surface area contributed by atoms with Gasteiger partial charge in [-0.1, -0.05) is 48.5 Å². The van der Waals surface area contributed by atoms with Crippen molar-refractivity contribution in [1.29, 1.82) is 0 Å². The Hall–Kier alpha value is -3.11. The van der Waals surface area contributed by atoms with Crippen molar-refractivity contribution in [3.05, 3.63) is 89.0 Å². The summed E-state index contributed by atoms with van der Waals surface area (Å²) in [6, 6.07) is 24.2. The zero-order valence-corrected chi connectivity index (χ0v) is 19.8. The summed E-state index contributed by atoms with van der Waals surface area (Å²) >= 11 is 0. The predicted molar refractivity (Wildman–Crippen MR) is 139 cm³/mol. The summed E-state index contributed by atoms with van der Waals surface area (Å²) in [5.74, 6) is 0.0493. The number of piperazine rings is 1. The van der Waals surface area contributed by atoms with Crippen LogP contribution in [0.2, 0.25) is 0 Å². The number of unbranched alkanes of at least 4 members (excludes halogenated alkanes) is 1. The molecule has 3 aromatic rings. The fourth-order valence-electron chi connectivity index (χ4n) is 6.06. The Kier molecular flexibility index (Phi) is 5.84. The normalized spacial score (nSPS) is 18.6. The van der Waals surface area contributed by atoms with Gasteiger partial charge in [-0.15, -0.1) is 0 Å². The van der Waals surface area contributed by atoms with E-state index >= 15 is 0 Å². The van der Waals surface area contributed by atoms with E-state index in [1.54, 1.807) is 0 Å². The first-order valence-corrected chi connectivity index (χ1v) is 12.8. The minimum Gasteiger partial charge on any atom is -0.366 e. The third kappa shape index (κ3) is 4.12. The summed E-state index contributed by atoms with van der Waals surface area (Å²) in [7, 11) is 0. The van der Waals surface area contributed by atoms with Gasteiger partial charge in [0, 0.05) is 43.5 Å². The van der Waals surface area contributed by atoms with E-state index in [2.05, 4.69) is 75.8 Å². The number of nitrogens with zero attached hydrogens (tertiary/aromatic N) is 2. The predicted octanol–water partition coefficient (Wildman–Crippen LogP) is 4.90. The van der Waals surface area contributed by atoms with Gasteiger partial charge in [0.2, 0.25) is 0 Å². The quantitative estimate of drug-likeness (QED) is 0.423. The largest absolute Gasteiger partial charge is 0.366 e. The van der Waals surface area contributed by atoms with E-state index in [4.69, 9.17) is 0 Å². The average Bonchev–Trinajstić information content (AvgIpc) is 3.26. The van der Waals surface area contributed by atoms with Crippen molar-refractivity contribution in [2.24, 2.45) is 0 Å². The number of fused-ring (bicyclic) bond motifs is 6. The average molecular weight is 452 g/mol. The number of para-hydroxylation sites is 1. The van der Waals surface area contributed by atoms with E-state index in [1.165, 1.54) is 46.3 Å². The molecule has 0 radical (unpaired) electrons. The number of hydrogen-bond donors (Lipinski definition) is 1. The lowest BCUT2D eigenvalue weighted by Crippen LogP contribution is -2.55. The monoisotopic (exact) mass is 451 g/mol. The molecule has 0 spiro atoms. The summed E-state index contributed by atoms with van der Waals surface area (Å²) in [5, 5.41) is 3.14. The molecule has 0 saturated carbocycles. The molecule has 4 nitrogen and oxygen atoms in total. The van der Waals surface area contributed by atoms with Crippen LogP contribution in [-0.2, 0) is 12.8 Å². The summed E-state index contributed by atoms with van der Waals surface area (Å²) in [5.41, 5.74) is 8.94. The smallest absolute Gasteiger partial charge is 0.251 e. The van der Waals surface area contributed by atoms with E-state index in [-0.39, 0.29) is 5.91 Å². The summed E-state index contributed by atoms with van der Waals surface area (Å²) in [6.07, 6.45) is 5.53. The SMILES string of the molecule is O=C(NCCCCN1CCN2c3ccccc3CCC2C1)c1ccc2c(c1)Cc1ccccc1-2. The van der Waals surface area contributed by atoms with Crippen molar-refractivity contribution >= 4 is 11.6 Å². The van der Waals surface area contributed by atoms with Gasteiger partial charge in [0.15, 0.2) is 0 Å². The van der Waals surface area contributed by atoms with E-state index in [1.807, 2.05) is 6.07 Å². The van der Waals surface area contributed by atoms with Crippen LogP contribution < -0.4 is 10.2 Å². The number of rotatable bonds is 6. The molecule has 0 bridgehead atoms. The molecule has 0 aromatic heterocycles. The Balaban J connectivity index is 0.950. The number of benzene rings is 3. The molecule has 1 atom stereocenters. The molecule has 2 heterocycles. The van der Waals surface area contributed by atoms with Crippen LogP contribution >= 0.6 is 0 Å². The van der Waals surface area contributed by atoms with Crippen molar-refractivity contribution in [1.82, 2.24) is 10.2 Å². The zero-order chi connectivity index (χ0) is 22.9. The van der Waals surface area contributed by atoms with Crippen LogP contribution in [0.1, 0.15) is 46.3 Å². The van der Waals surface area contributed by atoms with E-state index < -0.39 is 0 Å². The van der Waals surface area contributed by atoms with E-state index in [9.17, 15) is 4.79 Å². The zero-order valence-electron chi connectivity index (χ0n) is 19.8. The number of nitrogens with one attached hydrogen (secondary N) is 1. The highest BCUT2D eigenvalue weighted by Crippen LogP contribution is 2.36. The molecule has 1 N–H and O–H groups in total. The first-order valence-electron chi connectivity index (χ1n) is 12.8. The molecule has 6 rings (SSSR count). The fraction of sp³-hybridized carbons (Fsp3) is 0.367. The van der Waals surface area contributed by atoms with Crippen LogP contribution in [0.15, 0.2) is 66.7 Å². The minimum atomic E-state index is 0.0493. The molecule has 3 aromatic carbocycles. The Bertz CT molecular complexity index is 1200. The van der Waals surface area contributed by atoms with Crippen LogP contribution in [0, 0.1) is 0 Å². The molecule has 2 aliphatic heterocycles. The van der Waals surface area contributed by atoms with Crippen molar-refractivity contribution in [2.75, 3.05) is 37.6 Å². The van der Waals surface area contributed by atoms with Crippen LogP contribution in [0.3, 0.4) is 0 Å². The standard InChI is InChI=1S/C30H33N3O/c34-30(24-12-14-28-25(20-24)19-23-8-1-3-9-27(23)28)31-15-5-6-16-32-17-18-33-26(21-32)13-11-22-7-2-4-10-29(22)33/h1-4,7-10,12,14,20,26H,5-6,11,13,15-19,21H2,(H,31,34). The highest BCUT2D eigenvalue weighted by molar-refractivity contribution is 5.95. The second-order valence-electron chi connectivity index (χ2n) is 9.98. The number of carbonyl (C=O) groups excluding carboxylic acids is 1. The van der Waals surface area contributed by atoms with Gasteiger partial charge in [-0.3, -0.25) is 9.69 Å². The molecular formula is C30H33N3O. The van der Waals surface area contributed by atoms with Gasteiger partial charge in [-0.05, 0) is 84.7 Å². The molecule has 1 amide bonds. The van der Waals surface area contributed by atoms with Gasteiger partial charge in [0.25, 0.3) is 5.91 Å². The highest BCUT2D eigenvalue weighted by atomic mass is 16.1. The van der Waals surface area contributed by atoms with Crippen LogP contribution in [0.4, 0.5) is 5.69 Å². The molecule has 1 aliphatic carbocycles. The number of hydrogen-bond acceptors (Lipinski definition) is 3. The summed E-state index contributed by atoms with van der Waals surface area (Å²) in [6.45, 7) is 5.29. The van der Waals surface area contributed by atoms with Crippen molar-refractivity contribution in [2.45, 2.75) is 38.1 Å². The maximum atomic E-state index is 12.7. The molecule has 1 unspecified atom stereocenters. The van der Waals surface area contributed by atoms with Crippen LogP contribution in [0.25, 0.3) is 11.1 Å². The topological polar surface area (TPSA) is 35.6 Å². The number of amides is 1. The molecule has 1 fully saturated rings. The van der Waals surface area contributed by atoms with Gasteiger partial charge in [0.1, 0.15) is 0 Å². The molecule has 34 heavy (non-hydrogen) atoms. The molecule has 174 valence electrons. The Morgan fingerprint density at radius 1 is 0.882 bits per heavy atom. The number of anilines is 1. The number of aryl methyl sites for hydroxylation is 1. The lowest BCUT2D eigenvalue weighted by Gasteiger charge is -2.46. The number of carbonyl (C=O) groups is 1. The van der Waals surface area contributed by atoms with Crippen molar-refractivity contribution in [3.63, 3.8) is 0 Å². The Morgan fingerprint density at radius 2 is 1.71 bits per heavy atom. The van der Waals surface area contributed by atoms with Crippen LogP contribution in [0.5, 0.6) is 0 Å². The third-order valence-electron chi connectivity index (χ3n) is 7.86. The Labute approximate surface area is 202 Å². The third-order valence-corrected chi connectivity index (χ3v) is 7.86. The summed E-state index contributed by atoms with van der Waals surface area (Å²) in [4.78, 5) is 18.0. The molecule has 3 aliphatic rings. The fourth-order valence-corrected chi connectivity index (χ4v) is 6.06. The highest BCUT2D eigenvalue weighted by Gasteiger charge is 2.31. The summed E-state index contributed by atoms with van der Waals surface area (Å²) < 4.78 is 0. The van der Waals surface area contributed by atoms with Gasteiger partial charge in [-0.2, -0.15) is 0 Å². The Morgan fingerprint density at radius 3 is 2.65 bits per heavy atom. The molecular weight excluding hydrogens is 418 g/mol. The van der Waals surface area contributed by atoms with Gasteiger partial charge >= 0.3 is 0 Å². The maximum Gasteiger partial charge on any atom is 0.251 e. The second-order valence-corrected chi connectivity index (χ2v) is 9.98. The maximum absolute atomic E-state index is 12.7. The lowest BCUT2D eigenvalue weighted by molar-refractivity contribution is 0.0952. The van der Waals surface area contributed by atoms with Crippen LogP contribution in [-0.4, -0.2) is 49.6 Å². The molecule has 4 heteroatoms. The van der Waals surface area contributed by atoms with Gasteiger partial charge < -0.3 is 10.2 Å². The van der Waals surface area contributed by atoms with Gasteiger partial charge in [0.05, 0.1) is 0 Å². The minimum absolute atomic E-state index is 0.0493. The molecule has 1 saturated heterocycles. The second kappa shape index (κ2) is 9.27. The van der Waals surface area contributed by atoms with E-state index in [0.717, 1.165) is 57.5 Å².